The van der Waals surface area contributed by atoms with Crippen molar-refractivity contribution in [1.29, 1.82) is 0 Å². The van der Waals surface area contributed by atoms with E-state index in [9.17, 15) is 4.79 Å². The molecule has 1 aliphatic rings. The number of hydrogen-bond acceptors (Lipinski definition) is 4. The summed E-state index contributed by atoms with van der Waals surface area (Å²) < 4.78 is 5.07. The van der Waals surface area contributed by atoms with Gasteiger partial charge in [-0.2, -0.15) is 0 Å². The van der Waals surface area contributed by atoms with Gasteiger partial charge in [-0.15, -0.1) is 0 Å². The van der Waals surface area contributed by atoms with E-state index in [1.807, 2.05) is 0 Å². The Morgan fingerprint density at radius 3 is 3.00 bits per heavy atom. The molecule has 5 heteroatoms. The third-order valence-electron chi connectivity index (χ3n) is 2.43. The first-order chi connectivity index (χ1) is 7.22. The minimum absolute atomic E-state index is 0.0454. The third kappa shape index (κ3) is 1.78. The van der Waals surface area contributed by atoms with E-state index in [4.69, 9.17) is 10.5 Å². The summed E-state index contributed by atoms with van der Waals surface area (Å²) in [5, 5.41) is 0. The fourth-order valence-corrected chi connectivity index (χ4v) is 1.57. The van der Waals surface area contributed by atoms with E-state index in [0.717, 1.165) is 0 Å². The molecular weight excluding hydrogens is 194 g/mol. The molecule has 2 heterocycles. The molecule has 0 unspecified atom stereocenters. The van der Waals surface area contributed by atoms with Crippen LogP contribution in [0.15, 0.2) is 18.5 Å². The number of carbonyl (C=O) groups excluding carboxylic acids is 1. The summed E-state index contributed by atoms with van der Waals surface area (Å²) in [6, 6.07) is 1.77. The number of hydrogen-bond donors (Lipinski definition) is 1. The van der Waals surface area contributed by atoms with Crippen LogP contribution in [0, 0.1) is 0 Å². The van der Waals surface area contributed by atoms with E-state index < -0.39 is 0 Å². The van der Waals surface area contributed by atoms with Gasteiger partial charge in [0.15, 0.2) is 0 Å². The molecule has 2 N–H and O–H groups in total. The first-order valence-corrected chi connectivity index (χ1v) is 4.75. The standard InChI is InChI=1S/C10H13N3O2/c1-15-9-4-12-3-2-8(9)10(14)13-5-7(11)6-13/h2-4,7H,5-6,11H2,1H3. The zero-order valence-electron chi connectivity index (χ0n) is 8.51. The van der Waals surface area contributed by atoms with Gasteiger partial charge < -0.3 is 15.4 Å². The Morgan fingerprint density at radius 1 is 1.67 bits per heavy atom. The summed E-state index contributed by atoms with van der Waals surface area (Å²) in [5.74, 6) is 0.457. The van der Waals surface area contributed by atoms with Crippen LogP contribution in [0.3, 0.4) is 0 Å². The first-order valence-electron chi connectivity index (χ1n) is 4.75. The normalized spacial score (nSPS) is 16.0. The summed E-state index contributed by atoms with van der Waals surface area (Å²) in [5.41, 5.74) is 6.16. The van der Waals surface area contributed by atoms with Crippen molar-refractivity contribution in [3.05, 3.63) is 24.0 Å². The summed E-state index contributed by atoms with van der Waals surface area (Å²) in [6.07, 6.45) is 3.11. The molecule has 15 heavy (non-hydrogen) atoms. The molecule has 1 aromatic rings. The molecule has 0 radical (unpaired) electrons. The van der Waals surface area contributed by atoms with E-state index in [1.165, 1.54) is 13.3 Å². The minimum Gasteiger partial charge on any atom is -0.494 e. The molecule has 80 valence electrons. The topological polar surface area (TPSA) is 68.5 Å². The lowest BCUT2D eigenvalue weighted by Crippen LogP contribution is -2.57. The van der Waals surface area contributed by atoms with Crippen LogP contribution in [0.4, 0.5) is 0 Å². The van der Waals surface area contributed by atoms with Gasteiger partial charge in [0.05, 0.1) is 18.9 Å². The van der Waals surface area contributed by atoms with Gasteiger partial charge in [-0.1, -0.05) is 0 Å². The van der Waals surface area contributed by atoms with Crippen molar-refractivity contribution in [2.45, 2.75) is 6.04 Å². The maximum atomic E-state index is 11.9. The molecule has 1 fully saturated rings. The maximum Gasteiger partial charge on any atom is 0.257 e. The second kappa shape index (κ2) is 3.86. The Bertz CT molecular complexity index is 375. The highest BCUT2D eigenvalue weighted by Crippen LogP contribution is 2.20. The van der Waals surface area contributed by atoms with Crippen molar-refractivity contribution in [3.63, 3.8) is 0 Å². The number of rotatable bonds is 2. The first kappa shape index (κ1) is 9.92. The van der Waals surface area contributed by atoms with Crippen molar-refractivity contribution in [1.82, 2.24) is 9.88 Å². The number of ether oxygens (including phenoxy) is 1. The van der Waals surface area contributed by atoms with Gasteiger partial charge in [0.1, 0.15) is 5.75 Å². The molecule has 1 saturated heterocycles. The van der Waals surface area contributed by atoms with Crippen LogP contribution in [0.2, 0.25) is 0 Å². The summed E-state index contributed by atoms with van der Waals surface area (Å²) in [4.78, 5) is 17.5. The number of aromatic nitrogens is 1. The van der Waals surface area contributed by atoms with Gasteiger partial charge >= 0.3 is 0 Å². The van der Waals surface area contributed by atoms with Gasteiger partial charge in [0.25, 0.3) is 5.91 Å². The zero-order valence-corrected chi connectivity index (χ0v) is 8.51. The van der Waals surface area contributed by atoms with E-state index in [1.54, 1.807) is 17.2 Å². The molecule has 1 aromatic heterocycles. The summed E-state index contributed by atoms with van der Waals surface area (Å²) in [6.45, 7) is 1.23. The van der Waals surface area contributed by atoms with Crippen molar-refractivity contribution in [2.75, 3.05) is 20.2 Å². The highest BCUT2D eigenvalue weighted by atomic mass is 16.5. The Kier molecular flexibility index (Phi) is 2.55. The van der Waals surface area contributed by atoms with Crippen LogP contribution in [-0.4, -0.2) is 42.0 Å². The smallest absolute Gasteiger partial charge is 0.257 e. The monoisotopic (exact) mass is 207 g/mol. The van der Waals surface area contributed by atoms with Gasteiger partial charge in [0.2, 0.25) is 0 Å². The number of likely N-dealkylation sites (tertiary alicyclic amines) is 1. The average molecular weight is 207 g/mol. The van der Waals surface area contributed by atoms with E-state index >= 15 is 0 Å². The molecule has 0 spiro atoms. The number of methoxy groups -OCH3 is 1. The van der Waals surface area contributed by atoms with Gasteiger partial charge in [-0.05, 0) is 6.07 Å². The van der Waals surface area contributed by atoms with E-state index in [0.29, 0.717) is 24.4 Å². The van der Waals surface area contributed by atoms with Crippen LogP contribution in [-0.2, 0) is 0 Å². The fraction of sp³-hybridized carbons (Fsp3) is 0.400. The molecule has 2 rings (SSSR count). The van der Waals surface area contributed by atoms with Crippen molar-refractivity contribution < 1.29 is 9.53 Å². The minimum atomic E-state index is -0.0454. The predicted molar refractivity (Wildman–Crippen MR) is 54.7 cm³/mol. The third-order valence-corrected chi connectivity index (χ3v) is 2.43. The highest BCUT2D eigenvalue weighted by molar-refractivity contribution is 5.97. The largest absolute Gasteiger partial charge is 0.494 e. The molecule has 1 aliphatic heterocycles. The number of amides is 1. The Labute approximate surface area is 87.8 Å². The van der Waals surface area contributed by atoms with Crippen molar-refractivity contribution in [3.8, 4) is 5.75 Å². The number of pyridine rings is 1. The Morgan fingerprint density at radius 2 is 2.40 bits per heavy atom. The quantitative estimate of drug-likeness (QED) is 0.733. The predicted octanol–water partition coefficient (Wildman–Crippen LogP) is -0.127. The maximum absolute atomic E-state index is 11.9. The second-order valence-corrected chi connectivity index (χ2v) is 3.55. The SMILES string of the molecule is COc1cnccc1C(=O)N1CC(N)C1. The number of nitrogens with zero attached hydrogens (tertiary/aromatic N) is 2. The molecule has 0 bridgehead atoms. The molecule has 0 aromatic carbocycles. The number of nitrogens with two attached hydrogens (primary N) is 1. The van der Waals surface area contributed by atoms with Crippen molar-refractivity contribution >= 4 is 5.91 Å². The van der Waals surface area contributed by atoms with E-state index in [-0.39, 0.29) is 11.9 Å². The zero-order chi connectivity index (χ0) is 10.8. The van der Waals surface area contributed by atoms with Gasteiger partial charge in [-0.25, -0.2) is 0 Å². The van der Waals surface area contributed by atoms with E-state index in [2.05, 4.69) is 4.98 Å². The average Bonchev–Trinajstić information content (AvgIpc) is 2.24. The number of carbonyl (C=O) groups is 1. The van der Waals surface area contributed by atoms with Crippen molar-refractivity contribution in [2.24, 2.45) is 5.73 Å². The molecule has 0 aliphatic carbocycles. The van der Waals surface area contributed by atoms with Crippen LogP contribution in [0.5, 0.6) is 5.75 Å². The second-order valence-electron chi connectivity index (χ2n) is 3.55. The van der Waals surface area contributed by atoms with Crippen LogP contribution >= 0.6 is 0 Å². The van der Waals surface area contributed by atoms with Crippen LogP contribution in [0.1, 0.15) is 10.4 Å². The molecule has 5 nitrogen and oxygen atoms in total. The molecule has 0 saturated carbocycles. The Balaban J connectivity index is 2.18. The van der Waals surface area contributed by atoms with Gasteiger partial charge in [0, 0.05) is 25.3 Å². The Hall–Kier alpha value is -1.62. The summed E-state index contributed by atoms with van der Waals surface area (Å²) in [7, 11) is 1.52. The van der Waals surface area contributed by atoms with Crippen LogP contribution < -0.4 is 10.5 Å². The van der Waals surface area contributed by atoms with Crippen LogP contribution in [0.25, 0.3) is 0 Å². The lowest BCUT2D eigenvalue weighted by molar-refractivity contribution is 0.0604. The highest BCUT2D eigenvalue weighted by Gasteiger charge is 2.29. The van der Waals surface area contributed by atoms with Gasteiger partial charge in [-0.3, -0.25) is 9.78 Å². The molecule has 1 amide bonds. The summed E-state index contributed by atoms with van der Waals surface area (Å²) >= 11 is 0. The fourth-order valence-electron chi connectivity index (χ4n) is 1.57. The molecular formula is C10H13N3O2. The molecule has 0 atom stereocenters. The lowest BCUT2D eigenvalue weighted by atomic mass is 10.1. The lowest BCUT2D eigenvalue weighted by Gasteiger charge is -2.37.